The lowest BCUT2D eigenvalue weighted by molar-refractivity contribution is -0.138. The third-order valence-corrected chi connectivity index (χ3v) is 4.41. The number of benzene rings is 1. The zero-order valence-corrected chi connectivity index (χ0v) is 13.6. The van der Waals surface area contributed by atoms with Crippen molar-refractivity contribution in [1.82, 2.24) is 9.88 Å². The van der Waals surface area contributed by atoms with Crippen LogP contribution in [0.5, 0.6) is 5.75 Å². The molecule has 0 spiro atoms. The van der Waals surface area contributed by atoms with Crippen molar-refractivity contribution in [3.8, 4) is 5.75 Å². The Bertz CT molecular complexity index is 723. The summed E-state index contributed by atoms with van der Waals surface area (Å²) < 4.78 is 18.8. The fraction of sp³-hybridized carbons (Fsp3) is 0.312. The molecule has 2 heterocycles. The van der Waals surface area contributed by atoms with Crippen molar-refractivity contribution in [3.05, 3.63) is 41.7 Å². The lowest BCUT2D eigenvalue weighted by Gasteiger charge is -2.23. The number of amides is 2. The van der Waals surface area contributed by atoms with Crippen LogP contribution in [0.15, 0.2) is 35.8 Å². The molecule has 0 unspecified atom stereocenters. The summed E-state index contributed by atoms with van der Waals surface area (Å²) in [4.78, 5) is 30.1. The Balaban J connectivity index is 1.59. The zero-order chi connectivity index (χ0) is 16.9. The molecule has 126 valence electrons. The molecule has 0 bridgehead atoms. The first-order chi connectivity index (χ1) is 11.6. The number of aromatic nitrogens is 1. The number of carbonyl (C=O) groups excluding carboxylic acids is 2. The molecule has 1 aliphatic rings. The van der Waals surface area contributed by atoms with Gasteiger partial charge in [-0.15, -0.1) is 11.3 Å². The monoisotopic (exact) mass is 349 g/mol. The van der Waals surface area contributed by atoms with Crippen molar-refractivity contribution >= 4 is 28.3 Å². The van der Waals surface area contributed by atoms with E-state index in [1.807, 2.05) is 0 Å². The number of nitrogens with zero attached hydrogens (tertiary/aromatic N) is 2. The van der Waals surface area contributed by atoms with E-state index in [-0.39, 0.29) is 24.2 Å². The first-order valence-corrected chi connectivity index (χ1v) is 8.40. The summed E-state index contributed by atoms with van der Waals surface area (Å²) in [5, 5.41) is 4.97. The predicted octanol–water partition coefficient (Wildman–Crippen LogP) is 2.29. The predicted molar refractivity (Wildman–Crippen MR) is 87.4 cm³/mol. The van der Waals surface area contributed by atoms with Gasteiger partial charge in [0.05, 0.1) is 0 Å². The molecule has 1 saturated heterocycles. The SMILES string of the molecule is O=C(Nc1nccs1)[C@@H]1CCCN1C(=O)COc1ccccc1F. The zero-order valence-electron chi connectivity index (χ0n) is 12.8. The second-order valence-electron chi connectivity index (χ2n) is 5.29. The molecule has 0 aliphatic carbocycles. The molecule has 8 heteroatoms. The molecule has 2 amide bonds. The fourth-order valence-corrected chi connectivity index (χ4v) is 3.13. The average Bonchev–Trinajstić information content (AvgIpc) is 3.25. The molecule has 6 nitrogen and oxygen atoms in total. The maximum atomic E-state index is 13.5. The molecular formula is C16H16FN3O3S. The number of nitrogens with one attached hydrogen (secondary N) is 1. The molecule has 1 fully saturated rings. The largest absolute Gasteiger partial charge is 0.481 e. The molecule has 3 rings (SSSR count). The Morgan fingerprint density at radius 2 is 2.25 bits per heavy atom. The van der Waals surface area contributed by atoms with Crippen LogP contribution >= 0.6 is 11.3 Å². The summed E-state index contributed by atoms with van der Waals surface area (Å²) in [7, 11) is 0. The van der Waals surface area contributed by atoms with Gasteiger partial charge in [-0.2, -0.15) is 0 Å². The van der Waals surface area contributed by atoms with Gasteiger partial charge in [0.15, 0.2) is 23.3 Å². The van der Waals surface area contributed by atoms with Gasteiger partial charge < -0.3 is 15.0 Å². The molecule has 0 saturated carbocycles. The number of hydrogen-bond acceptors (Lipinski definition) is 5. The van der Waals surface area contributed by atoms with Crippen LogP contribution in [0.4, 0.5) is 9.52 Å². The number of carbonyl (C=O) groups is 2. The Morgan fingerprint density at radius 1 is 1.42 bits per heavy atom. The smallest absolute Gasteiger partial charge is 0.261 e. The highest BCUT2D eigenvalue weighted by Crippen LogP contribution is 2.21. The third-order valence-electron chi connectivity index (χ3n) is 3.73. The standard InChI is InChI=1S/C16H16FN3O3S/c17-11-4-1-2-6-13(11)23-10-14(21)20-8-3-5-12(20)15(22)19-16-18-7-9-24-16/h1-2,4,6-7,9,12H,3,5,8,10H2,(H,18,19,22)/t12-/m0/s1. The Kier molecular flexibility index (Phi) is 5.05. The summed E-state index contributed by atoms with van der Waals surface area (Å²) >= 11 is 1.32. The van der Waals surface area contributed by atoms with E-state index >= 15 is 0 Å². The van der Waals surface area contributed by atoms with E-state index in [0.717, 1.165) is 6.42 Å². The van der Waals surface area contributed by atoms with E-state index < -0.39 is 11.9 Å². The van der Waals surface area contributed by atoms with Gasteiger partial charge in [0.25, 0.3) is 5.91 Å². The van der Waals surface area contributed by atoms with E-state index in [1.54, 1.807) is 23.7 Å². The molecule has 1 aromatic carbocycles. The summed E-state index contributed by atoms with van der Waals surface area (Å²) in [5.74, 6) is -1.10. The fourth-order valence-electron chi connectivity index (χ4n) is 2.60. The van der Waals surface area contributed by atoms with Gasteiger partial charge >= 0.3 is 0 Å². The number of para-hydroxylation sites is 1. The lowest BCUT2D eigenvalue weighted by atomic mass is 10.2. The van der Waals surface area contributed by atoms with Crippen molar-refractivity contribution in [2.75, 3.05) is 18.5 Å². The van der Waals surface area contributed by atoms with Gasteiger partial charge in [-0.3, -0.25) is 9.59 Å². The topological polar surface area (TPSA) is 71.5 Å². The van der Waals surface area contributed by atoms with E-state index in [1.165, 1.54) is 28.4 Å². The number of hydrogen-bond donors (Lipinski definition) is 1. The molecular weight excluding hydrogens is 333 g/mol. The van der Waals surface area contributed by atoms with Crippen molar-refractivity contribution in [2.24, 2.45) is 0 Å². The Morgan fingerprint density at radius 3 is 3.00 bits per heavy atom. The minimum atomic E-state index is -0.550. The highest BCUT2D eigenvalue weighted by molar-refractivity contribution is 7.13. The van der Waals surface area contributed by atoms with Crippen LogP contribution in [0.2, 0.25) is 0 Å². The molecule has 24 heavy (non-hydrogen) atoms. The molecule has 0 radical (unpaired) electrons. The van der Waals surface area contributed by atoms with Crippen LogP contribution in [0.1, 0.15) is 12.8 Å². The van der Waals surface area contributed by atoms with E-state index in [2.05, 4.69) is 10.3 Å². The first kappa shape index (κ1) is 16.4. The minimum Gasteiger partial charge on any atom is -0.481 e. The van der Waals surface area contributed by atoms with Crippen LogP contribution in [-0.2, 0) is 9.59 Å². The number of anilines is 1. The first-order valence-electron chi connectivity index (χ1n) is 7.52. The number of likely N-dealkylation sites (tertiary alicyclic amines) is 1. The van der Waals surface area contributed by atoms with Crippen molar-refractivity contribution in [2.45, 2.75) is 18.9 Å². The van der Waals surface area contributed by atoms with E-state index in [9.17, 15) is 14.0 Å². The van der Waals surface area contributed by atoms with Crippen molar-refractivity contribution < 1.29 is 18.7 Å². The van der Waals surface area contributed by atoms with Crippen LogP contribution in [0, 0.1) is 5.82 Å². The van der Waals surface area contributed by atoms with Crippen LogP contribution in [0.3, 0.4) is 0 Å². The molecule has 1 aliphatic heterocycles. The van der Waals surface area contributed by atoms with Gasteiger partial charge in [0.2, 0.25) is 5.91 Å². The van der Waals surface area contributed by atoms with Gasteiger partial charge in [-0.25, -0.2) is 9.37 Å². The van der Waals surface area contributed by atoms with Gasteiger partial charge in [0, 0.05) is 18.1 Å². The summed E-state index contributed by atoms with van der Waals surface area (Å²) in [6, 6.07) is 5.34. The number of rotatable bonds is 5. The number of ether oxygens (including phenoxy) is 1. The highest BCUT2D eigenvalue weighted by Gasteiger charge is 2.34. The van der Waals surface area contributed by atoms with Gasteiger partial charge in [-0.05, 0) is 25.0 Å². The lowest BCUT2D eigenvalue weighted by Crippen LogP contribution is -2.45. The summed E-state index contributed by atoms with van der Waals surface area (Å²) in [5.41, 5.74) is 0. The number of halogens is 1. The summed E-state index contributed by atoms with van der Waals surface area (Å²) in [6.45, 7) is 0.178. The van der Waals surface area contributed by atoms with Crippen LogP contribution in [-0.4, -0.2) is 40.9 Å². The highest BCUT2D eigenvalue weighted by atomic mass is 32.1. The molecule has 2 aromatic rings. The molecule has 1 N–H and O–H groups in total. The third kappa shape index (κ3) is 3.70. The van der Waals surface area contributed by atoms with Crippen molar-refractivity contribution in [3.63, 3.8) is 0 Å². The van der Waals surface area contributed by atoms with Gasteiger partial charge in [0.1, 0.15) is 6.04 Å². The average molecular weight is 349 g/mol. The van der Waals surface area contributed by atoms with Crippen LogP contribution < -0.4 is 10.1 Å². The summed E-state index contributed by atoms with van der Waals surface area (Å²) in [6.07, 6.45) is 2.92. The van der Waals surface area contributed by atoms with Gasteiger partial charge in [-0.1, -0.05) is 12.1 Å². The molecule has 1 atom stereocenters. The Labute approximate surface area is 142 Å². The Hall–Kier alpha value is -2.48. The normalized spacial score (nSPS) is 16.9. The van der Waals surface area contributed by atoms with E-state index in [4.69, 9.17) is 4.74 Å². The quantitative estimate of drug-likeness (QED) is 0.899. The van der Waals surface area contributed by atoms with Crippen molar-refractivity contribution in [1.29, 1.82) is 0 Å². The van der Waals surface area contributed by atoms with Crippen LogP contribution in [0.25, 0.3) is 0 Å². The number of thiazole rings is 1. The second kappa shape index (κ2) is 7.39. The minimum absolute atomic E-state index is 0.0221. The van der Waals surface area contributed by atoms with E-state index in [0.29, 0.717) is 18.1 Å². The second-order valence-corrected chi connectivity index (χ2v) is 6.19. The maximum absolute atomic E-state index is 13.5. The maximum Gasteiger partial charge on any atom is 0.261 e. The molecule has 1 aromatic heterocycles.